The lowest BCUT2D eigenvalue weighted by Gasteiger charge is -2.13. The molecule has 0 spiro atoms. The molecule has 0 saturated heterocycles. The summed E-state index contributed by atoms with van der Waals surface area (Å²) < 4.78 is 0.976. The standard InChI is InChI=1S/C14H14BrN3O2/c1-2-8-5-9(15)3-4-12(8)18-13-11(14(19)20)6-10(16)7-17-13/h3-7H,2,16H2,1H3,(H,17,18)(H,19,20). The van der Waals surface area contributed by atoms with Gasteiger partial charge in [-0.15, -0.1) is 0 Å². The van der Waals surface area contributed by atoms with Crippen LogP contribution in [0.4, 0.5) is 17.2 Å². The molecule has 0 aliphatic rings. The highest BCUT2D eigenvalue weighted by molar-refractivity contribution is 9.10. The predicted molar refractivity (Wildman–Crippen MR) is 82.4 cm³/mol. The van der Waals surface area contributed by atoms with Gasteiger partial charge in [-0.3, -0.25) is 0 Å². The van der Waals surface area contributed by atoms with Crippen molar-refractivity contribution in [2.45, 2.75) is 13.3 Å². The summed E-state index contributed by atoms with van der Waals surface area (Å²) >= 11 is 3.42. The van der Waals surface area contributed by atoms with Crippen LogP contribution in [0, 0.1) is 0 Å². The Morgan fingerprint density at radius 3 is 2.85 bits per heavy atom. The summed E-state index contributed by atoms with van der Waals surface area (Å²) in [6.45, 7) is 2.03. The zero-order valence-corrected chi connectivity index (χ0v) is 12.4. The lowest BCUT2D eigenvalue weighted by Crippen LogP contribution is -2.07. The molecule has 4 N–H and O–H groups in total. The Labute approximate surface area is 125 Å². The number of carboxylic acid groups (broad SMARTS) is 1. The van der Waals surface area contributed by atoms with Crippen molar-refractivity contribution in [1.82, 2.24) is 4.98 Å². The molecule has 0 fully saturated rings. The van der Waals surface area contributed by atoms with E-state index >= 15 is 0 Å². The minimum atomic E-state index is -1.07. The molecular formula is C14H14BrN3O2. The van der Waals surface area contributed by atoms with Crippen molar-refractivity contribution in [1.29, 1.82) is 0 Å². The topological polar surface area (TPSA) is 88.2 Å². The number of nitrogens with zero attached hydrogens (tertiary/aromatic N) is 1. The molecule has 0 atom stereocenters. The van der Waals surface area contributed by atoms with E-state index in [0.29, 0.717) is 5.69 Å². The number of pyridine rings is 1. The van der Waals surface area contributed by atoms with Crippen LogP contribution < -0.4 is 11.1 Å². The van der Waals surface area contributed by atoms with E-state index < -0.39 is 5.97 Å². The number of nitrogens with one attached hydrogen (secondary N) is 1. The van der Waals surface area contributed by atoms with E-state index in [1.165, 1.54) is 12.3 Å². The molecular weight excluding hydrogens is 322 g/mol. The maximum atomic E-state index is 11.2. The molecule has 2 rings (SSSR count). The Balaban J connectivity index is 2.42. The summed E-state index contributed by atoms with van der Waals surface area (Å²) in [5, 5.41) is 12.3. The number of nitrogen functional groups attached to an aromatic ring is 1. The van der Waals surface area contributed by atoms with Gasteiger partial charge in [-0.05, 0) is 36.2 Å². The number of rotatable bonds is 4. The van der Waals surface area contributed by atoms with Crippen molar-refractivity contribution in [2.24, 2.45) is 0 Å². The molecule has 20 heavy (non-hydrogen) atoms. The Kier molecular flexibility index (Phi) is 4.24. The van der Waals surface area contributed by atoms with Crippen molar-refractivity contribution in [3.63, 3.8) is 0 Å². The van der Waals surface area contributed by atoms with Crippen LogP contribution in [-0.4, -0.2) is 16.1 Å². The molecule has 6 heteroatoms. The van der Waals surface area contributed by atoms with Gasteiger partial charge in [0, 0.05) is 10.2 Å². The van der Waals surface area contributed by atoms with Gasteiger partial charge in [-0.2, -0.15) is 0 Å². The molecule has 0 radical (unpaired) electrons. The highest BCUT2D eigenvalue weighted by Gasteiger charge is 2.13. The molecule has 0 saturated carbocycles. The zero-order valence-electron chi connectivity index (χ0n) is 10.9. The number of benzene rings is 1. The summed E-state index contributed by atoms with van der Waals surface area (Å²) in [6, 6.07) is 7.15. The molecule has 0 amide bonds. The number of halogens is 1. The summed E-state index contributed by atoms with van der Waals surface area (Å²) in [5.74, 6) is -0.786. The number of hydrogen-bond acceptors (Lipinski definition) is 4. The van der Waals surface area contributed by atoms with E-state index in [0.717, 1.165) is 22.1 Å². The van der Waals surface area contributed by atoms with Gasteiger partial charge >= 0.3 is 5.97 Å². The second kappa shape index (κ2) is 5.92. The van der Waals surface area contributed by atoms with Gasteiger partial charge in [0.05, 0.1) is 11.9 Å². The van der Waals surface area contributed by atoms with Crippen molar-refractivity contribution in [2.75, 3.05) is 11.1 Å². The van der Waals surface area contributed by atoms with Gasteiger partial charge in [0.2, 0.25) is 0 Å². The van der Waals surface area contributed by atoms with Crippen LogP contribution in [0.5, 0.6) is 0 Å². The van der Waals surface area contributed by atoms with Crippen molar-refractivity contribution in [3.8, 4) is 0 Å². The minimum absolute atomic E-state index is 0.0509. The first-order valence-corrected chi connectivity index (χ1v) is 6.84. The minimum Gasteiger partial charge on any atom is -0.478 e. The Hall–Kier alpha value is -2.08. The van der Waals surface area contributed by atoms with Crippen LogP contribution in [0.2, 0.25) is 0 Å². The third-order valence-corrected chi connectivity index (χ3v) is 3.33. The third-order valence-electron chi connectivity index (χ3n) is 2.84. The van der Waals surface area contributed by atoms with Gasteiger partial charge in [0.25, 0.3) is 0 Å². The van der Waals surface area contributed by atoms with Crippen molar-refractivity contribution < 1.29 is 9.90 Å². The van der Waals surface area contributed by atoms with E-state index in [-0.39, 0.29) is 11.4 Å². The van der Waals surface area contributed by atoms with Crippen LogP contribution in [0.1, 0.15) is 22.8 Å². The lowest BCUT2D eigenvalue weighted by molar-refractivity contribution is 0.0697. The summed E-state index contributed by atoms with van der Waals surface area (Å²) in [6.07, 6.45) is 2.25. The van der Waals surface area contributed by atoms with E-state index in [1.807, 2.05) is 25.1 Å². The smallest absolute Gasteiger partial charge is 0.339 e. The lowest BCUT2D eigenvalue weighted by atomic mass is 10.1. The maximum absolute atomic E-state index is 11.2. The van der Waals surface area contributed by atoms with E-state index in [4.69, 9.17) is 5.73 Å². The van der Waals surface area contributed by atoms with Gasteiger partial charge in [0.15, 0.2) is 0 Å². The first-order chi connectivity index (χ1) is 9.51. The molecule has 0 aliphatic heterocycles. The molecule has 0 bridgehead atoms. The highest BCUT2D eigenvalue weighted by atomic mass is 79.9. The summed E-state index contributed by atoms with van der Waals surface area (Å²) in [7, 11) is 0. The normalized spacial score (nSPS) is 10.3. The Morgan fingerprint density at radius 1 is 1.45 bits per heavy atom. The third kappa shape index (κ3) is 3.08. The second-order valence-electron chi connectivity index (χ2n) is 4.25. The van der Waals surface area contributed by atoms with Gasteiger partial charge < -0.3 is 16.2 Å². The number of hydrogen-bond donors (Lipinski definition) is 3. The number of aromatic nitrogens is 1. The molecule has 2 aromatic rings. The molecule has 104 valence electrons. The summed E-state index contributed by atoms with van der Waals surface area (Å²) in [4.78, 5) is 15.3. The fraction of sp³-hybridized carbons (Fsp3) is 0.143. The van der Waals surface area contributed by atoms with Gasteiger partial charge in [-0.1, -0.05) is 22.9 Å². The van der Waals surface area contributed by atoms with Gasteiger partial charge in [-0.25, -0.2) is 9.78 Å². The van der Waals surface area contributed by atoms with Crippen LogP contribution in [-0.2, 0) is 6.42 Å². The molecule has 1 heterocycles. The van der Waals surface area contributed by atoms with E-state index in [2.05, 4.69) is 26.2 Å². The first-order valence-electron chi connectivity index (χ1n) is 6.05. The van der Waals surface area contributed by atoms with Crippen LogP contribution in [0.3, 0.4) is 0 Å². The first kappa shape index (κ1) is 14.3. The van der Waals surface area contributed by atoms with E-state index in [9.17, 15) is 9.90 Å². The largest absolute Gasteiger partial charge is 0.478 e. The number of aryl methyl sites for hydroxylation is 1. The van der Waals surface area contributed by atoms with Crippen molar-refractivity contribution >= 4 is 39.1 Å². The number of nitrogens with two attached hydrogens (primary N) is 1. The van der Waals surface area contributed by atoms with Crippen LogP contribution in [0.15, 0.2) is 34.9 Å². The average molecular weight is 336 g/mol. The van der Waals surface area contributed by atoms with Crippen LogP contribution in [0.25, 0.3) is 0 Å². The predicted octanol–water partition coefficient (Wildman–Crippen LogP) is 3.43. The van der Waals surface area contributed by atoms with Crippen molar-refractivity contribution in [3.05, 3.63) is 46.1 Å². The number of aromatic carboxylic acids is 1. The molecule has 5 nitrogen and oxygen atoms in total. The highest BCUT2D eigenvalue weighted by Crippen LogP contribution is 2.26. The molecule has 1 aromatic heterocycles. The fourth-order valence-corrected chi connectivity index (χ4v) is 2.26. The molecule has 1 aromatic carbocycles. The van der Waals surface area contributed by atoms with Crippen LogP contribution >= 0.6 is 15.9 Å². The zero-order chi connectivity index (χ0) is 14.7. The monoisotopic (exact) mass is 335 g/mol. The quantitative estimate of drug-likeness (QED) is 0.796. The second-order valence-corrected chi connectivity index (χ2v) is 5.17. The number of carboxylic acids is 1. The van der Waals surface area contributed by atoms with Gasteiger partial charge in [0.1, 0.15) is 11.4 Å². The number of anilines is 3. The Bertz CT molecular complexity index is 659. The number of carbonyl (C=O) groups is 1. The summed E-state index contributed by atoms with van der Waals surface area (Å²) in [5.41, 5.74) is 7.84. The average Bonchev–Trinajstić information content (AvgIpc) is 2.42. The fourth-order valence-electron chi connectivity index (χ4n) is 1.85. The molecule has 0 aliphatic carbocycles. The maximum Gasteiger partial charge on any atom is 0.339 e. The Morgan fingerprint density at radius 2 is 2.20 bits per heavy atom. The molecule has 0 unspecified atom stereocenters. The van der Waals surface area contributed by atoms with E-state index in [1.54, 1.807) is 0 Å². The SMILES string of the molecule is CCc1cc(Br)ccc1Nc1ncc(N)cc1C(=O)O.